The van der Waals surface area contributed by atoms with Gasteiger partial charge in [-0.25, -0.2) is 0 Å². The molecule has 0 aromatic heterocycles. The number of allylic oxidation sites excluding steroid dienone is 2. The summed E-state index contributed by atoms with van der Waals surface area (Å²) in [5, 5.41) is 0.578. The summed E-state index contributed by atoms with van der Waals surface area (Å²) in [5.74, 6) is -0.0640. The van der Waals surface area contributed by atoms with Gasteiger partial charge in [0.25, 0.3) is 0 Å². The molecule has 4 rings (SSSR count). The second-order valence-corrected chi connectivity index (χ2v) is 8.75. The molecular weight excluding hydrogens is 361 g/mol. The van der Waals surface area contributed by atoms with Crippen LogP contribution in [0.2, 0.25) is 0 Å². The summed E-state index contributed by atoms with van der Waals surface area (Å²) in [6.45, 7) is 0. The molecular formula is C11H8Cl6O. The van der Waals surface area contributed by atoms with E-state index in [1.165, 1.54) is 0 Å². The Labute approximate surface area is 135 Å². The van der Waals surface area contributed by atoms with Crippen molar-refractivity contribution in [1.82, 2.24) is 0 Å². The highest BCUT2D eigenvalue weighted by atomic mass is 35.5. The molecule has 0 aromatic carbocycles. The zero-order chi connectivity index (χ0) is 13.1. The van der Waals surface area contributed by atoms with Crippen LogP contribution in [0.25, 0.3) is 0 Å². The number of halogens is 6. The SMILES string of the molecule is ClC1=C(Cl)[C@]2(Cl)[C@@H]3CC[C@H]4O[C@H]4[C@@H]3[C@@]1(Cl)C2(Cl)Cl. The molecule has 2 bridgehead atoms. The first-order chi connectivity index (χ1) is 8.28. The lowest BCUT2D eigenvalue weighted by atomic mass is 9.72. The van der Waals surface area contributed by atoms with Crippen molar-refractivity contribution in [3.05, 3.63) is 10.1 Å². The van der Waals surface area contributed by atoms with Gasteiger partial charge in [-0.15, -0.1) is 23.2 Å². The van der Waals surface area contributed by atoms with Crippen LogP contribution in [0.1, 0.15) is 12.8 Å². The Morgan fingerprint density at radius 2 is 1.56 bits per heavy atom. The van der Waals surface area contributed by atoms with Gasteiger partial charge < -0.3 is 4.74 Å². The standard InChI is InChI=1S/C11H8Cl6O/c12-7-8(13)10(15)5-3(1-2-4-6(5)18-4)9(7,14)11(10,16)17/h3-6H,1-2H2/t3-,4-,5-,6-,9-,10+/m1/s1. The molecule has 0 aromatic rings. The molecule has 6 atom stereocenters. The van der Waals surface area contributed by atoms with Crippen LogP contribution in [0, 0.1) is 11.8 Å². The molecule has 1 saturated heterocycles. The molecule has 1 aliphatic heterocycles. The first kappa shape index (κ1) is 13.1. The van der Waals surface area contributed by atoms with E-state index in [4.69, 9.17) is 74.3 Å². The van der Waals surface area contributed by atoms with Crippen LogP contribution in [0.4, 0.5) is 0 Å². The summed E-state index contributed by atoms with van der Waals surface area (Å²) in [5.41, 5.74) is 0. The Balaban J connectivity index is 1.98. The largest absolute Gasteiger partial charge is 0.369 e. The number of alkyl halides is 4. The van der Waals surface area contributed by atoms with Gasteiger partial charge in [0.05, 0.1) is 22.3 Å². The van der Waals surface area contributed by atoms with E-state index < -0.39 is 14.1 Å². The minimum Gasteiger partial charge on any atom is -0.369 e. The molecule has 3 fully saturated rings. The van der Waals surface area contributed by atoms with Crippen LogP contribution in [-0.4, -0.2) is 26.3 Å². The molecule has 1 heterocycles. The lowest BCUT2D eigenvalue weighted by molar-refractivity contribution is 0.240. The van der Waals surface area contributed by atoms with Crippen LogP contribution in [0.5, 0.6) is 0 Å². The molecule has 0 radical (unpaired) electrons. The Morgan fingerprint density at radius 3 is 2.22 bits per heavy atom. The van der Waals surface area contributed by atoms with Gasteiger partial charge in [0, 0.05) is 5.92 Å². The summed E-state index contributed by atoms with van der Waals surface area (Å²) in [7, 11) is 0. The van der Waals surface area contributed by atoms with Gasteiger partial charge in [-0.1, -0.05) is 46.4 Å². The Kier molecular flexibility index (Phi) is 2.50. The van der Waals surface area contributed by atoms with Crippen molar-refractivity contribution in [2.45, 2.75) is 39.1 Å². The van der Waals surface area contributed by atoms with Gasteiger partial charge in [-0.2, -0.15) is 0 Å². The fourth-order valence-corrected chi connectivity index (χ4v) is 7.12. The Bertz CT molecular complexity index is 490. The predicted octanol–water partition coefficient (Wildman–Crippen LogP) is 4.63. The third-order valence-corrected chi connectivity index (χ3v) is 9.21. The minimum absolute atomic E-state index is 0.00502. The van der Waals surface area contributed by atoms with E-state index in [9.17, 15) is 0 Å². The minimum atomic E-state index is -1.41. The highest BCUT2D eigenvalue weighted by Crippen LogP contribution is 2.79. The van der Waals surface area contributed by atoms with Crippen LogP contribution < -0.4 is 0 Å². The van der Waals surface area contributed by atoms with E-state index in [0.717, 1.165) is 12.8 Å². The van der Waals surface area contributed by atoms with Gasteiger partial charge in [-0.05, 0) is 18.8 Å². The summed E-state index contributed by atoms with van der Waals surface area (Å²) in [4.78, 5) is -2.24. The average molecular weight is 369 g/mol. The predicted molar refractivity (Wildman–Crippen MR) is 75.2 cm³/mol. The van der Waals surface area contributed by atoms with E-state index in [1.807, 2.05) is 0 Å². The van der Waals surface area contributed by atoms with Gasteiger partial charge >= 0.3 is 0 Å². The average Bonchev–Trinajstić information content (AvgIpc) is 3.06. The molecule has 0 amide bonds. The number of rotatable bonds is 0. The maximum Gasteiger partial charge on any atom is 0.166 e. The molecule has 7 heteroatoms. The van der Waals surface area contributed by atoms with E-state index in [1.54, 1.807) is 0 Å². The third kappa shape index (κ3) is 1.07. The van der Waals surface area contributed by atoms with Crippen molar-refractivity contribution < 1.29 is 4.74 Å². The molecule has 0 spiro atoms. The lowest BCUT2D eigenvalue weighted by Crippen LogP contribution is -2.45. The van der Waals surface area contributed by atoms with Crippen molar-refractivity contribution in [2.24, 2.45) is 11.8 Å². The molecule has 100 valence electrons. The molecule has 3 aliphatic carbocycles. The molecule has 1 nitrogen and oxygen atoms in total. The first-order valence-corrected chi connectivity index (χ1v) is 8.02. The Hall–Kier alpha value is 1.44. The maximum atomic E-state index is 6.72. The molecule has 4 aliphatic rings. The fourth-order valence-electron chi connectivity index (χ4n) is 4.02. The monoisotopic (exact) mass is 366 g/mol. The fraction of sp³-hybridized carbons (Fsp3) is 0.818. The van der Waals surface area contributed by atoms with Crippen molar-refractivity contribution in [3.8, 4) is 0 Å². The highest BCUT2D eigenvalue weighted by molar-refractivity contribution is 6.65. The van der Waals surface area contributed by atoms with Crippen molar-refractivity contribution in [2.75, 3.05) is 0 Å². The topological polar surface area (TPSA) is 12.5 Å². The molecule has 2 saturated carbocycles. The van der Waals surface area contributed by atoms with Crippen LogP contribution in [0.3, 0.4) is 0 Å². The van der Waals surface area contributed by atoms with Gasteiger partial charge in [0.2, 0.25) is 0 Å². The van der Waals surface area contributed by atoms with Gasteiger partial charge in [-0.3, -0.25) is 0 Å². The van der Waals surface area contributed by atoms with Crippen LogP contribution in [0.15, 0.2) is 10.1 Å². The van der Waals surface area contributed by atoms with Gasteiger partial charge in [0.1, 0.15) is 9.75 Å². The van der Waals surface area contributed by atoms with Crippen molar-refractivity contribution in [1.29, 1.82) is 0 Å². The molecule has 18 heavy (non-hydrogen) atoms. The summed E-state index contributed by atoms with van der Waals surface area (Å²) in [6.07, 6.45) is 2.09. The highest BCUT2D eigenvalue weighted by Gasteiger charge is 2.85. The molecule has 0 N–H and O–H groups in total. The van der Waals surface area contributed by atoms with Crippen molar-refractivity contribution >= 4 is 69.6 Å². The van der Waals surface area contributed by atoms with E-state index in [-0.39, 0.29) is 29.1 Å². The van der Waals surface area contributed by atoms with Crippen LogP contribution >= 0.6 is 69.6 Å². The van der Waals surface area contributed by atoms with Gasteiger partial charge in [0.15, 0.2) is 4.33 Å². The summed E-state index contributed by atoms with van der Waals surface area (Å²) in [6, 6.07) is 0. The molecule has 0 unspecified atom stereocenters. The number of hydrogen-bond acceptors (Lipinski definition) is 1. The maximum absolute atomic E-state index is 6.72. The zero-order valence-electron chi connectivity index (χ0n) is 8.90. The summed E-state index contributed by atoms with van der Waals surface area (Å²) >= 11 is 39.0. The Morgan fingerprint density at radius 1 is 0.944 bits per heavy atom. The first-order valence-electron chi connectivity index (χ1n) is 5.75. The van der Waals surface area contributed by atoms with Crippen LogP contribution in [-0.2, 0) is 4.74 Å². The number of epoxide rings is 1. The van der Waals surface area contributed by atoms with Crippen molar-refractivity contribution in [3.63, 3.8) is 0 Å². The number of ether oxygens (including phenoxy) is 1. The number of hydrogen-bond donors (Lipinski definition) is 0. The lowest BCUT2D eigenvalue weighted by Gasteiger charge is -2.38. The third-order valence-electron chi connectivity index (χ3n) is 4.89. The summed E-state index contributed by atoms with van der Waals surface area (Å²) < 4.78 is 4.24. The van der Waals surface area contributed by atoms with E-state index in [2.05, 4.69) is 0 Å². The van der Waals surface area contributed by atoms with E-state index in [0.29, 0.717) is 5.03 Å². The number of fused-ring (bicyclic) bond motifs is 7. The smallest absolute Gasteiger partial charge is 0.166 e. The second kappa shape index (κ2) is 3.43. The van der Waals surface area contributed by atoms with E-state index >= 15 is 0 Å². The zero-order valence-corrected chi connectivity index (χ0v) is 13.4. The normalized spacial score (nSPS) is 59.7. The quantitative estimate of drug-likeness (QED) is 0.448. The second-order valence-electron chi connectivity index (χ2n) is 5.47.